The van der Waals surface area contributed by atoms with Gasteiger partial charge in [-0.1, -0.05) is 232 Å². The van der Waals surface area contributed by atoms with Crippen LogP contribution in [0.25, 0.3) is 33.3 Å². The minimum atomic E-state index is -0.447. The van der Waals surface area contributed by atoms with Crippen LogP contribution in [0.5, 0.6) is 11.5 Å². The number of nitrogens with zero attached hydrogens (tertiary/aromatic N) is 4. The molecule has 0 aliphatic carbocycles. The van der Waals surface area contributed by atoms with Crippen molar-refractivity contribution in [3.63, 3.8) is 0 Å². The third-order valence-electron chi connectivity index (χ3n) is 16.5. The Labute approximate surface area is 493 Å². The van der Waals surface area contributed by atoms with Gasteiger partial charge in [-0.3, -0.25) is 0 Å². The van der Waals surface area contributed by atoms with E-state index in [4.69, 9.17) is 9.72 Å². The number of aromatic nitrogens is 2. The van der Waals surface area contributed by atoms with Crippen molar-refractivity contribution in [3.8, 4) is 17.3 Å². The number of rotatable bonds is 12. The van der Waals surface area contributed by atoms with Gasteiger partial charge >= 0.3 is 0 Å². The first-order valence-electron chi connectivity index (χ1n) is 28.5. The Kier molecular flexibility index (Phi) is 15.7. The van der Waals surface area contributed by atoms with Gasteiger partial charge in [-0.15, -0.1) is 53.8 Å². The zero-order valence-corrected chi connectivity index (χ0v) is 52.6. The molecule has 9 aromatic rings. The predicted molar refractivity (Wildman–Crippen MR) is 334 cm³/mol. The van der Waals surface area contributed by atoms with Crippen molar-refractivity contribution >= 4 is 38.9 Å². The monoisotopic (exact) mass is 1240 g/mol. The molecule has 0 unspecified atom stereocenters. The third kappa shape index (κ3) is 11.1. The predicted octanol–water partition coefficient (Wildman–Crippen LogP) is 19.8. The molecule has 6 heteroatoms. The van der Waals surface area contributed by atoms with Crippen molar-refractivity contribution in [1.82, 2.24) is 9.55 Å². The largest absolute Gasteiger partial charge is 0.509 e. The Morgan fingerprint density at radius 1 is 0.512 bits per heavy atom. The number of hydrogen-bond acceptors (Lipinski definition) is 4. The molecule has 0 fully saturated rings. The summed E-state index contributed by atoms with van der Waals surface area (Å²) in [5, 5.41) is 2.26. The van der Waals surface area contributed by atoms with Crippen molar-refractivity contribution in [3.05, 3.63) is 238 Å². The summed E-state index contributed by atoms with van der Waals surface area (Å²) < 4.78 is 9.67. The minimum absolute atomic E-state index is 0. The molecular formula is C74H81N4OPt-3. The molecule has 1 aliphatic heterocycles. The Balaban J connectivity index is 0.00000774. The third-order valence-corrected chi connectivity index (χ3v) is 16.5. The maximum Gasteiger partial charge on any atom is 0.135 e. The van der Waals surface area contributed by atoms with E-state index in [-0.39, 0.29) is 54.6 Å². The molecule has 416 valence electrons. The molecule has 10 rings (SSSR count). The van der Waals surface area contributed by atoms with Crippen LogP contribution in [0.3, 0.4) is 0 Å². The van der Waals surface area contributed by atoms with Gasteiger partial charge in [0, 0.05) is 66.6 Å². The molecule has 0 bridgehead atoms. The second kappa shape index (κ2) is 21.7. The summed E-state index contributed by atoms with van der Waals surface area (Å²) in [6, 6.07) is 63.2. The van der Waals surface area contributed by atoms with E-state index in [1.807, 2.05) is 6.20 Å². The number of fused-ring (bicyclic) bond motifs is 3. The molecule has 1 aliphatic rings. The number of ether oxygens (including phenoxy) is 1. The van der Waals surface area contributed by atoms with Gasteiger partial charge in [0.25, 0.3) is 0 Å². The molecule has 0 saturated carbocycles. The van der Waals surface area contributed by atoms with Gasteiger partial charge in [0.05, 0.1) is 0 Å². The molecule has 80 heavy (non-hydrogen) atoms. The zero-order chi connectivity index (χ0) is 56.6. The maximum absolute atomic E-state index is 7.38. The van der Waals surface area contributed by atoms with Gasteiger partial charge in [0.1, 0.15) is 5.82 Å². The quantitative estimate of drug-likeness (QED) is 0.114. The first kappa shape index (κ1) is 58.0. The summed E-state index contributed by atoms with van der Waals surface area (Å²) >= 11 is 0. The number of anilines is 2. The standard InChI is InChI=1S/C74H81N4O.Pt/c1-48(2)60-32-26-33-61(49(3)4)68(60)66-46-76(56-38-53(70(5,6)7)37-54(39-56)71(8,9)10)47-77(66)57-40-55(72(11,12)13)41-58(43-57)79-59-44-63(74(16,17)51-29-22-19-23-30-51)69-62-31-24-25-34-64(62)78(65(69)45-59)67-42-52(35-36-75-67)73(14,15)50-27-20-18-21-28-50;/h18-42,44,46-49H,1-17H3;/q-3;. The van der Waals surface area contributed by atoms with Crippen molar-refractivity contribution in [2.75, 3.05) is 9.80 Å². The van der Waals surface area contributed by atoms with Gasteiger partial charge in [0.2, 0.25) is 0 Å². The van der Waals surface area contributed by atoms with Crippen molar-refractivity contribution in [2.24, 2.45) is 0 Å². The summed E-state index contributed by atoms with van der Waals surface area (Å²) in [7, 11) is 0. The Morgan fingerprint density at radius 3 is 1.62 bits per heavy atom. The van der Waals surface area contributed by atoms with Crippen molar-refractivity contribution in [2.45, 2.75) is 157 Å². The molecule has 0 amide bonds. The van der Waals surface area contributed by atoms with Crippen LogP contribution in [0.4, 0.5) is 11.4 Å². The van der Waals surface area contributed by atoms with E-state index in [0.29, 0.717) is 11.5 Å². The van der Waals surface area contributed by atoms with E-state index in [9.17, 15) is 0 Å². The van der Waals surface area contributed by atoms with Gasteiger partial charge < -0.3 is 19.1 Å². The van der Waals surface area contributed by atoms with Crippen LogP contribution < -0.4 is 14.5 Å². The Morgan fingerprint density at radius 2 is 1.05 bits per heavy atom. The first-order valence-corrected chi connectivity index (χ1v) is 28.5. The van der Waals surface area contributed by atoms with Crippen LogP contribution in [-0.2, 0) is 48.1 Å². The first-order chi connectivity index (χ1) is 37.2. The van der Waals surface area contributed by atoms with Crippen molar-refractivity contribution in [1.29, 1.82) is 0 Å². The summed E-state index contributed by atoms with van der Waals surface area (Å²) in [5.74, 6) is 2.62. The van der Waals surface area contributed by atoms with Gasteiger partial charge in [-0.05, 0) is 114 Å². The fourth-order valence-electron chi connectivity index (χ4n) is 11.4. The van der Waals surface area contributed by atoms with Crippen molar-refractivity contribution < 1.29 is 25.8 Å². The summed E-state index contributed by atoms with van der Waals surface area (Å²) in [6.07, 6.45) is 4.30. The average molecular weight is 1240 g/mol. The van der Waals surface area contributed by atoms with E-state index in [0.717, 1.165) is 55.8 Å². The maximum atomic E-state index is 7.38. The Bertz CT molecular complexity index is 3690. The summed E-state index contributed by atoms with van der Waals surface area (Å²) in [6.45, 7) is 41.4. The van der Waals surface area contributed by atoms with Crippen LogP contribution in [0.1, 0.15) is 185 Å². The van der Waals surface area contributed by atoms with Crippen LogP contribution in [-0.4, -0.2) is 9.55 Å². The van der Waals surface area contributed by atoms with Crippen LogP contribution in [0.15, 0.2) is 164 Å². The zero-order valence-electron chi connectivity index (χ0n) is 50.3. The normalized spacial score (nSPS) is 13.7. The molecular weight excluding hydrogens is 1160 g/mol. The molecule has 0 saturated heterocycles. The second-order valence-electron chi connectivity index (χ2n) is 26.8. The number of benzene rings is 7. The molecule has 0 N–H and O–H groups in total. The SMILES string of the molecule is CC(C)c1cccc(C(C)C)c1C1=CN(c2cc(C(C)(C)C)cc(C(C)(C)C)c2)[CH-]N1c1[c-]c(Oc2[c-]c3c(c(C(C)(C)c4ccccc4)c2)c2ccccc2n3-c2cc(C(C)(C)c3ccccc3)ccn2)cc(C(C)(C)C)c1.[Pt]. The van der Waals surface area contributed by atoms with Gasteiger partial charge in [0.15, 0.2) is 0 Å². The smallest absolute Gasteiger partial charge is 0.135 e. The summed E-state index contributed by atoms with van der Waals surface area (Å²) in [4.78, 5) is 9.85. The number of pyridine rings is 1. The van der Waals surface area contributed by atoms with E-state index in [1.54, 1.807) is 0 Å². The number of hydrogen-bond donors (Lipinski definition) is 0. The van der Waals surface area contributed by atoms with E-state index >= 15 is 0 Å². The molecule has 3 heterocycles. The molecule has 5 nitrogen and oxygen atoms in total. The molecule has 7 aromatic carbocycles. The van der Waals surface area contributed by atoms with Crippen LogP contribution in [0, 0.1) is 18.8 Å². The minimum Gasteiger partial charge on any atom is -0.509 e. The molecule has 0 spiro atoms. The molecule has 2 aromatic heterocycles. The average Bonchev–Trinajstić information content (AvgIpc) is 4.04. The second-order valence-corrected chi connectivity index (χ2v) is 26.8. The van der Waals surface area contributed by atoms with E-state index in [1.165, 1.54) is 44.5 Å². The van der Waals surface area contributed by atoms with Gasteiger partial charge in [-0.25, -0.2) is 4.98 Å². The van der Waals surface area contributed by atoms with Crippen LogP contribution in [0.2, 0.25) is 0 Å². The molecule has 0 radical (unpaired) electrons. The Hall–Kier alpha value is -6.68. The fourth-order valence-corrected chi connectivity index (χ4v) is 11.4. The molecule has 0 atom stereocenters. The van der Waals surface area contributed by atoms with E-state index < -0.39 is 5.41 Å². The van der Waals surface area contributed by atoms with Crippen LogP contribution >= 0.6 is 0 Å². The summed E-state index contributed by atoms with van der Waals surface area (Å²) in [5.41, 5.74) is 16.4. The van der Waals surface area contributed by atoms with E-state index in [2.05, 4.69) is 309 Å². The number of para-hydroxylation sites is 1. The topological polar surface area (TPSA) is 33.5 Å². The van der Waals surface area contributed by atoms with Gasteiger partial charge in [-0.2, -0.15) is 0 Å². The fraction of sp³-hybridized carbons (Fsp3) is 0.324.